The van der Waals surface area contributed by atoms with Crippen molar-refractivity contribution in [2.75, 3.05) is 12.5 Å². The standard InChI is InChI=1S/C15H11NO.2CH4S/c1-3-7-12(8-4-1)14-11-17-16-15(14)13-9-5-2-6-10-13;2*1-2/h1-11H;2*2H,1H3. The topological polar surface area (TPSA) is 26.0 Å². The summed E-state index contributed by atoms with van der Waals surface area (Å²) in [6, 6.07) is 20.2. The highest BCUT2D eigenvalue weighted by Crippen LogP contribution is 2.30. The van der Waals surface area contributed by atoms with Crippen LogP contribution in [0.5, 0.6) is 0 Å². The largest absolute Gasteiger partial charge is 0.363 e. The molecule has 1 heterocycles. The normalized spacial score (nSPS) is 8.95. The van der Waals surface area contributed by atoms with Crippen LogP contribution in [0.3, 0.4) is 0 Å². The van der Waals surface area contributed by atoms with Crippen molar-refractivity contribution in [3.63, 3.8) is 0 Å². The van der Waals surface area contributed by atoms with E-state index in [0.29, 0.717) is 0 Å². The molecule has 2 nitrogen and oxygen atoms in total. The number of rotatable bonds is 2. The van der Waals surface area contributed by atoms with E-state index in [2.05, 4.69) is 42.5 Å². The van der Waals surface area contributed by atoms with Gasteiger partial charge in [0.2, 0.25) is 0 Å². The van der Waals surface area contributed by atoms with Crippen LogP contribution in [0.2, 0.25) is 0 Å². The molecule has 0 saturated carbocycles. The second kappa shape index (κ2) is 10.1. The number of aromatic nitrogens is 1. The molecule has 0 radical (unpaired) electrons. The van der Waals surface area contributed by atoms with Crippen LogP contribution in [0.1, 0.15) is 0 Å². The summed E-state index contributed by atoms with van der Waals surface area (Å²) >= 11 is 7.06. The van der Waals surface area contributed by atoms with Crippen LogP contribution in [-0.4, -0.2) is 17.7 Å². The van der Waals surface area contributed by atoms with Crippen LogP contribution in [0.4, 0.5) is 0 Å². The fraction of sp³-hybridized carbons (Fsp3) is 0.118. The van der Waals surface area contributed by atoms with Gasteiger partial charge in [0.1, 0.15) is 12.0 Å². The lowest BCUT2D eigenvalue weighted by Gasteiger charge is -2.00. The highest BCUT2D eigenvalue weighted by molar-refractivity contribution is 7.79. The molecule has 21 heavy (non-hydrogen) atoms. The highest BCUT2D eigenvalue weighted by Gasteiger charge is 2.10. The molecular weight excluding hydrogens is 298 g/mol. The number of nitrogens with zero attached hydrogens (tertiary/aromatic N) is 1. The van der Waals surface area contributed by atoms with E-state index in [4.69, 9.17) is 4.52 Å². The lowest BCUT2D eigenvalue weighted by Crippen LogP contribution is -1.81. The van der Waals surface area contributed by atoms with Crippen LogP contribution in [0.25, 0.3) is 22.4 Å². The third kappa shape index (κ3) is 4.69. The van der Waals surface area contributed by atoms with Crippen LogP contribution in [0.15, 0.2) is 71.4 Å². The van der Waals surface area contributed by atoms with Crippen molar-refractivity contribution in [3.05, 3.63) is 66.9 Å². The molecule has 3 rings (SSSR count). The summed E-state index contributed by atoms with van der Waals surface area (Å²) in [5.41, 5.74) is 4.10. The molecule has 0 aliphatic heterocycles. The van der Waals surface area contributed by atoms with Crippen LogP contribution in [0, 0.1) is 0 Å². The van der Waals surface area contributed by atoms with E-state index < -0.39 is 0 Å². The van der Waals surface area contributed by atoms with Crippen molar-refractivity contribution >= 4 is 25.3 Å². The van der Waals surface area contributed by atoms with Crippen LogP contribution < -0.4 is 0 Å². The SMILES string of the molecule is CS.CS.c1ccc(-c2conc2-c2ccccc2)cc1. The summed E-state index contributed by atoms with van der Waals surface area (Å²) < 4.78 is 5.10. The van der Waals surface area contributed by atoms with Gasteiger partial charge in [-0.05, 0) is 18.1 Å². The van der Waals surface area contributed by atoms with Gasteiger partial charge in [-0.1, -0.05) is 65.8 Å². The minimum atomic E-state index is 0.886. The third-order valence-corrected chi connectivity index (χ3v) is 2.70. The minimum Gasteiger partial charge on any atom is -0.363 e. The molecule has 0 bridgehead atoms. The quantitative estimate of drug-likeness (QED) is 0.643. The molecule has 0 fully saturated rings. The predicted molar refractivity (Wildman–Crippen MR) is 97.2 cm³/mol. The Morgan fingerprint density at radius 3 is 1.71 bits per heavy atom. The Kier molecular flexibility index (Phi) is 8.40. The maximum Gasteiger partial charge on any atom is 0.132 e. The Morgan fingerprint density at radius 2 is 1.19 bits per heavy atom. The van der Waals surface area contributed by atoms with Gasteiger partial charge in [0.05, 0.1) is 0 Å². The molecule has 3 aromatic rings. The Hall–Kier alpha value is -1.65. The van der Waals surface area contributed by atoms with E-state index in [1.165, 1.54) is 0 Å². The molecule has 0 unspecified atom stereocenters. The molecular formula is C17H19NOS2. The summed E-state index contributed by atoms with van der Waals surface area (Å²) in [5.74, 6) is 0. The summed E-state index contributed by atoms with van der Waals surface area (Å²) in [6.45, 7) is 0. The van der Waals surface area contributed by atoms with Crippen LogP contribution in [-0.2, 0) is 0 Å². The molecule has 0 N–H and O–H groups in total. The van der Waals surface area contributed by atoms with Gasteiger partial charge in [-0.2, -0.15) is 25.3 Å². The fourth-order valence-electron chi connectivity index (χ4n) is 1.86. The number of thiol groups is 2. The van der Waals surface area contributed by atoms with Gasteiger partial charge >= 0.3 is 0 Å². The van der Waals surface area contributed by atoms with Crippen LogP contribution >= 0.6 is 25.3 Å². The predicted octanol–water partition coefficient (Wildman–Crippen LogP) is 5.10. The van der Waals surface area contributed by atoms with Gasteiger partial charge in [0.15, 0.2) is 0 Å². The maximum atomic E-state index is 5.10. The van der Waals surface area contributed by atoms with E-state index in [-0.39, 0.29) is 0 Å². The summed E-state index contributed by atoms with van der Waals surface area (Å²) in [7, 11) is 0. The molecule has 2 aromatic carbocycles. The summed E-state index contributed by atoms with van der Waals surface area (Å²) in [4.78, 5) is 0. The van der Waals surface area contributed by atoms with Gasteiger partial charge in [-0.25, -0.2) is 0 Å². The molecule has 0 aliphatic carbocycles. The zero-order valence-electron chi connectivity index (χ0n) is 12.1. The zero-order valence-corrected chi connectivity index (χ0v) is 13.9. The van der Waals surface area contributed by atoms with Crippen molar-refractivity contribution in [2.24, 2.45) is 0 Å². The molecule has 0 amide bonds. The second-order valence-electron chi connectivity index (χ2n) is 3.81. The molecule has 110 valence electrons. The number of benzene rings is 2. The van der Waals surface area contributed by atoms with E-state index in [1.807, 2.05) is 48.5 Å². The van der Waals surface area contributed by atoms with Crippen molar-refractivity contribution in [1.82, 2.24) is 5.16 Å². The smallest absolute Gasteiger partial charge is 0.132 e. The van der Waals surface area contributed by atoms with E-state index in [1.54, 1.807) is 18.8 Å². The Labute approximate surface area is 137 Å². The summed E-state index contributed by atoms with van der Waals surface area (Å²) in [6.07, 6.45) is 5.08. The lowest BCUT2D eigenvalue weighted by molar-refractivity contribution is 0.422. The second-order valence-corrected chi connectivity index (χ2v) is 3.81. The average Bonchev–Trinajstić information content (AvgIpc) is 3.10. The Morgan fingerprint density at radius 1 is 0.714 bits per heavy atom. The van der Waals surface area contributed by atoms with Crippen molar-refractivity contribution in [2.45, 2.75) is 0 Å². The number of hydrogen-bond donors (Lipinski definition) is 2. The lowest BCUT2D eigenvalue weighted by atomic mass is 10.0. The first-order valence-corrected chi connectivity index (χ1v) is 8.19. The number of hydrogen-bond acceptors (Lipinski definition) is 4. The van der Waals surface area contributed by atoms with Crippen molar-refractivity contribution in [1.29, 1.82) is 0 Å². The minimum absolute atomic E-state index is 0.886. The Bertz CT molecular complexity index is 555. The van der Waals surface area contributed by atoms with Crippen molar-refractivity contribution in [3.8, 4) is 22.4 Å². The van der Waals surface area contributed by atoms with E-state index >= 15 is 0 Å². The monoisotopic (exact) mass is 317 g/mol. The van der Waals surface area contributed by atoms with Gasteiger partial charge in [-0.3, -0.25) is 0 Å². The first-order valence-electron chi connectivity index (χ1n) is 6.40. The van der Waals surface area contributed by atoms with E-state index in [0.717, 1.165) is 22.4 Å². The maximum absolute atomic E-state index is 5.10. The van der Waals surface area contributed by atoms with Gasteiger partial charge < -0.3 is 4.52 Å². The first kappa shape index (κ1) is 17.4. The van der Waals surface area contributed by atoms with E-state index in [9.17, 15) is 0 Å². The molecule has 0 saturated heterocycles. The van der Waals surface area contributed by atoms with Gasteiger partial charge in [-0.15, -0.1) is 0 Å². The molecule has 0 aliphatic rings. The van der Waals surface area contributed by atoms with Gasteiger partial charge in [0, 0.05) is 11.1 Å². The first-order chi connectivity index (χ1) is 10.4. The van der Waals surface area contributed by atoms with Crippen molar-refractivity contribution < 1.29 is 4.52 Å². The average molecular weight is 317 g/mol. The van der Waals surface area contributed by atoms with Gasteiger partial charge in [0.25, 0.3) is 0 Å². The summed E-state index contributed by atoms with van der Waals surface area (Å²) in [5, 5.41) is 4.09. The molecule has 1 aromatic heterocycles. The molecule has 0 spiro atoms. The molecule has 4 heteroatoms. The molecule has 0 atom stereocenters. The fourth-order valence-corrected chi connectivity index (χ4v) is 1.86. The Balaban J connectivity index is 0.000000510. The highest BCUT2D eigenvalue weighted by atomic mass is 32.1. The third-order valence-electron chi connectivity index (χ3n) is 2.70. The zero-order chi connectivity index (χ0) is 15.5.